The maximum Gasteiger partial charge on any atom is 0.269 e. The average Bonchev–Trinajstić information content (AvgIpc) is 3.04. The van der Waals surface area contributed by atoms with Crippen molar-refractivity contribution in [2.45, 2.75) is 13.5 Å². The highest BCUT2D eigenvalue weighted by Gasteiger charge is 2.14. The molecule has 1 heterocycles. The molecule has 0 N–H and O–H groups in total. The number of aromatic nitrogens is 1. The zero-order chi connectivity index (χ0) is 21.1. The SMILES string of the molecule is Cc1c(/C=C(/C#N)c2ccc([N+](=O)[O-])cc2)c2ccccc2n1Cc1ccccc1. The van der Waals surface area contributed by atoms with Crippen molar-refractivity contribution in [1.82, 2.24) is 4.57 Å². The third-order valence-electron chi connectivity index (χ3n) is 5.26. The monoisotopic (exact) mass is 393 g/mol. The molecule has 0 radical (unpaired) electrons. The number of nitro groups is 1. The van der Waals surface area contributed by atoms with Gasteiger partial charge in [0.15, 0.2) is 0 Å². The molecule has 0 bridgehead atoms. The Kier molecular flexibility index (Phi) is 5.15. The molecule has 4 rings (SSSR count). The standard InChI is InChI=1S/C25H19N3O2/c1-18-24(15-21(16-26)20-11-13-22(14-12-20)28(29)30)23-9-5-6-10-25(23)27(18)17-19-7-3-2-4-8-19/h2-15H,17H2,1H3/b21-15-. The van der Waals surface area contributed by atoms with Crippen LogP contribution in [0.3, 0.4) is 0 Å². The van der Waals surface area contributed by atoms with E-state index in [1.165, 1.54) is 17.7 Å². The van der Waals surface area contributed by atoms with E-state index in [2.05, 4.69) is 41.8 Å². The van der Waals surface area contributed by atoms with Gasteiger partial charge in [-0.1, -0.05) is 48.5 Å². The lowest BCUT2D eigenvalue weighted by atomic mass is 10.0. The van der Waals surface area contributed by atoms with Gasteiger partial charge in [-0.3, -0.25) is 10.1 Å². The molecule has 0 amide bonds. The molecule has 1 aromatic heterocycles. The Hall–Kier alpha value is -4.17. The van der Waals surface area contributed by atoms with E-state index in [0.717, 1.165) is 28.7 Å². The highest BCUT2D eigenvalue weighted by Crippen LogP contribution is 2.30. The smallest absolute Gasteiger partial charge is 0.269 e. The Labute approximate surface area is 174 Å². The maximum absolute atomic E-state index is 10.9. The molecular weight excluding hydrogens is 374 g/mol. The minimum Gasteiger partial charge on any atom is -0.340 e. The van der Waals surface area contributed by atoms with Gasteiger partial charge in [0, 0.05) is 40.8 Å². The normalized spacial score (nSPS) is 11.4. The summed E-state index contributed by atoms with van der Waals surface area (Å²) in [6.07, 6.45) is 1.88. The van der Waals surface area contributed by atoms with Crippen LogP contribution in [0.25, 0.3) is 22.6 Å². The van der Waals surface area contributed by atoms with Crippen molar-refractivity contribution in [3.05, 3.63) is 111 Å². The second-order valence-electron chi connectivity index (χ2n) is 7.06. The predicted octanol–water partition coefficient (Wildman–Crippen LogP) is 5.97. The van der Waals surface area contributed by atoms with Gasteiger partial charge in [0.1, 0.15) is 0 Å². The number of nitriles is 1. The fourth-order valence-corrected chi connectivity index (χ4v) is 3.70. The van der Waals surface area contributed by atoms with Crippen LogP contribution in [0.2, 0.25) is 0 Å². The van der Waals surface area contributed by atoms with E-state index in [4.69, 9.17) is 0 Å². The third kappa shape index (κ3) is 3.59. The first-order chi connectivity index (χ1) is 14.6. The van der Waals surface area contributed by atoms with E-state index < -0.39 is 4.92 Å². The Morgan fingerprint density at radius 3 is 2.37 bits per heavy atom. The van der Waals surface area contributed by atoms with Gasteiger partial charge in [0.05, 0.1) is 16.6 Å². The van der Waals surface area contributed by atoms with Gasteiger partial charge in [0.25, 0.3) is 5.69 Å². The summed E-state index contributed by atoms with van der Waals surface area (Å²) in [5.74, 6) is 0. The van der Waals surface area contributed by atoms with Gasteiger partial charge in [0.2, 0.25) is 0 Å². The molecule has 0 aliphatic rings. The number of fused-ring (bicyclic) bond motifs is 1. The lowest BCUT2D eigenvalue weighted by molar-refractivity contribution is -0.384. The van der Waals surface area contributed by atoms with E-state index in [9.17, 15) is 15.4 Å². The molecule has 0 aliphatic carbocycles. The van der Waals surface area contributed by atoms with E-state index in [-0.39, 0.29) is 5.69 Å². The molecule has 0 saturated heterocycles. The number of nitro benzene ring substituents is 1. The van der Waals surface area contributed by atoms with Gasteiger partial charge in [-0.05, 0) is 42.3 Å². The minimum absolute atomic E-state index is 0.00619. The summed E-state index contributed by atoms with van der Waals surface area (Å²) in [6.45, 7) is 2.79. The van der Waals surface area contributed by atoms with Gasteiger partial charge in [-0.2, -0.15) is 5.26 Å². The lowest BCUT2D eigenvalue weighted by Gasteiger charge is -2.08. The maximum atomic E-state index is 10.9. The Morgan fingerprint density at radius 2 is 1.70 bits per heavy atom. The molecule has 0 spiro atoms. The molecule has 0 unspecified atom stereocenters. The first kappa shape index (κ1) is 19.2. The van der Waals surface area contributed by atoms with Crippen LogP contribution in [0.1, 0.15) is 22.4 Å². The van der Waals surface area contributed by atoms with Crippen LogP contribution in [-0.2, 0) is 6.54 Å². The Bertz CT molecular complexity index is 1290. The van der Waals surface area contributed by atoms with Crippen molar-refractivity contribution >= 4 is 28.2 Å². The summed E-state index contributed by atoms with van der Waals surface area (Å²) in [4.78, 5) is 10.5. The van der Waals surface area contributed by atoms with Crippen LogP contribution in [0.15, 0.2) is 78.9 Å². The molecule has 3 aromatic carbocycles. The Morgan fingerprint density at radius 1 is 1.03 bits per heavy atom. The van der Waals surface area contributed by atoms with E-state index in [1.54, 1.807) is 12.1 Å². The molecular formula is C25H19N3O2. The van der Waals surface area contributed by atoms with Crippen LogP contribution in [0.5, 0.6) is 0 Å². The number of hydrogen-bond donors (Lipinski definition) is 0. The minimum atomic E-state index is -0.444. The average molecular weight is 393 g/mol. The van der Waals surface area contributed by atoms with Gasteiger partial charge in [-0.25, -0.2) is 0 Å². The van der Waals surface area contributed by atoms with E-state index in [1.807, 2.05) is 36.4 Å². The lowest BCUT2D eigenvalue weighted by Crippen LogP contribution is -2.01. The summed E-state index contributed by atoms with van der Waals surface area (Å²) < 4.78 is 2.25. The van der Waals surface area contributed by atoms with Crippen LogP contribution in [-0.4, -0.2) is 9.49 Å². The van der Waals surface area contributed by atoms with E-state index >= 15 is 0 Å². The molecule has 4 aromatic rings. The quantitative estimate of drug-likeness (QED) is 0.238. The van der Waals surface area contributed by atoms with Gasteiger partial charge in [-0.15, -0.1) is 0 Å². The number of rotatable bonds is 5. The summed E-state index contributed by atoms with van der Waals surface area (Å²) in [5, 5.41) is 21.7. The first-order valence-electron chi connectivity index (χ1n) is 9.57. The molecule has 0 aliphatic heterocycles. The predicted molar refractivity (Wildman–Crippen MR) is 119 cm³/mol. The summed E-state index contributed by atoms with van der Waals surface area (Å²) in [7, 11) is 0. The number of nitrogens with zero attached hydrogens (tertiary/aromatic N) is 3. The number of hydrogen-bond acceptors (Lipinski definition) is 3. The molecule has 0 saturated carbocycles. The molecule has 30 heavy (non-hydrogen) atoms. The first-order valence-corrected chi connectivity index (χ1v) is 9.57. The topological polar surface area (TPSA) is 71.9 Å². The van der Waals surface area contributed by atoms with Crippen LogP contribution < -0.4 is 0 Å². The molecule has 5 heteroatoms. The van der Waals surface area contributed by atoms with Crippen molar-refractivity contribution < 1.29 is 4.92 Å². The van der Waals surface area contributed by atoms with Crippen LogP contribution in [0, 0.1) is 28.4 Å². The van der Waals surface area contributed by atoms with Crippen molar-refractivity contribution in [3.63, 3.8) is 0 Å². The zero-order valence-electron chi connectivity index (χ0n) is 16.4. The molecule has 0 fully saturated rings. The molecule has 5 nitrogen and oxygen atoms in total. The summed E-state index contributed by atoms with van der Waals surface area (Å²) in [6, 6.07) is 26.7. The Balaban J connectivity index is 1.83. The van der Waals surface area contributed by atoms with Crippen LogP contribution >= 0.6 is 0 Å². The number of benzene rings is 3. The third-order valence-corrected chi connectivity index (χ3v) is 5.26. The summed E-state index contributed by atoms with van der Waals surface area (Å²) >= 11 is 0. The fourth-order valence-electron chi connectivity index (χ4n) is 3.70. The fraction of sp³-hybridized carbons (Fsp3) is 0.0800. The van der Waals surface area contributed by atoms with Crippen molar-refractivity contribution in [3.8, 4) is 6.07 Å². The number of non-ortho nitro benzene ring substituents is 1. The second kappa shape index (κ2) is 8.06. The van der Waals surface area contributed by atoms with Gasteiger partial charge >= 0.3 is 0 Å². The van der Waals surface area contributed by atoms with E-state index in [0.29, 0.717) is 11.1 Å². The second-order valence-corrected chi connectivity index (χ2v) is 7.06. The largest absolute Gasteiger partial charge is 0.340 e. The van der Waals surface area contributed by atoms with Crippen molar-refractivity contribution in [2.24, 2.45) is 0 Å². The van der Waals surface area contributed by atoms with Crippen molar-refractivity contribution in [2.75, 3.05) is 0 Å². The van der Waals surface area contributed by atoms with Gasteiger partial charge < -0.3 is 4.57 Å². The highest BCUT2D eigenvalue weighted by atomic mass is 16.6. The number of para-hydroxylation sites is 1. The highest BCUT2D eigenvalue weighted by molar-refractivity contribution is 5.99. The molecule has 146 valence electrons. The number of allylic oxidation sites excluding steroid dienone is 1. The van der Waals surface area contributed by atoms with Crippen LogP contribution in [0.4, 0.5) is 5.69 Å². The zero-order valence-corrected chi connectivity index (χ0v) is 16.4. The molecule has 0 atom stereocenters. The van der Waals surface area contributed by atoms with Crippen molar-refractivity contribution in [1.29, 1.82) is 5.26 Å². The summed E-state index contributed by atoms with van der Waals surface area (Å²) in [5.41, 5.74) is 5.48.